The fourth-order valence-corrected chi connectivity index (χ4v) is 3.20. The van der Waals surface area contributed by atoms with Crippen molar-refractivity contribution in [3.05, 3.63) is 23.8 Å². The zero-order valence-corrected chi connectivity index (χ0v) is 13.4. The third kappa shape index (κ3) is 4.32. The van der Waals surface area contributed by atoms with E-state index in [1.807, 2.05) is 13.8 Å². The Morgan fingerprint density at radius 2 is 2.32 bits per heavy atom. The van der Waals surface area contributed by atoms with Crippen LogP contribution in [0.25, 0.3) is 0 Å². The third-order valence-electron chi connectivity index (χ3n) is 4.14. The summed E-state index contributed by atoms with van der Waals surface area (Å²) in [5, 5.41) is 11.5. The van der Waals surface area contributed by atoms with Crippen LogP contribution in [-0.4, -0.2) is 34.8 Å². The first-order valence-electron chi connectivity index (χ1n) is 7.65. The van der Waals surface area contributed by atoms with Crippen LogP contribution < -0.4 is 10.2 Å². The van der Waals surface area contributed by atoms with E-state index in [1.165, 1.54) is 6.07 Å². The Kier molecular flexibility index (Phi) is 4.88. The summed E-state index contributed by atoms with van der Waals surface area (Å²) in [5.41, 5.74) is 0.747. The SMILES string of the molecule is Cc1ncc(N2CCC[C@@H](CC(C)(C)NC(=O)O)C2)cc1F. The van der Waals surface area contributed by atoms with Crippen molar-refractivity contribution in [2.45, 2.75) is 45.6 Å². The fraction of sp³-hybridized carbons (Fsp3) is 0.625. The molecule has 0 spiro atoms. The van der Waals surface area contributed by atoms with E-state index in [1.54, 1.807) is 13.1 Å². The number of rotatable bonds is 4. The Morgan fingerprint density at radius 1 is 1.59 bits per heavy atom. The largest absolute Gasteiger partial charge is 0.465 e. The monoisotopic (exact) mass is 309 g/mol. The minimum absolute atomic E-state index is 0.285. The molecule has 22 heavy (non-hydrogen) atoms. The van der Waals surface area contributed by atoms with E-state index in [0.717, 1.165) is 38.0 Å². The number of halogens is 1. The summed E-state index contributed by atoms with van der Waals surface area (Å²) in [7, 11) is 0. The van der Waals surface area contributed by atoms with E-state index in [9.17, 15) is 9.18 Å². The smallest absolute Gasteiger partial charge is 0.405 e. The molecule has 0 aliphatic carbocycles. The number of carbonyl (C=O) groups is 1. The molecule has 1 aromatic rings. The van der Waals surface area contributed by atoms with E-state index in [0.29, 0.717) is 11.6 Å². The number of hydrogen-bond donors (Lipinski definition) is 2. The van der Waals surface area contributed by atoms with E-state index in [-0.39, 0.29) is 5.82 Å². The van der Waals surface area contributed by atoms with Gasteiger partial charge in [-0.3, -0.25) is 4.98 Å². The van der Waals surface area contributed by atoms with Gasteiger partial charge in [0, 0.05) is 24.7 Å². The average Bonchev–Trinajstić information content (AvgIpc) is 2.40. The predicted octanol–water partition coefficient (Wildman–Crippen LogP) is 3.18. The second kappa shape index (κ2) is 6.50. The van der Waals surface area contributed by atoms with E-state index in [2.05, 4.69) is 15.2 Å². The second-order valence-corrected chi connectivity index (χ2v) is 6.73. The number of piperidine rings is 1. The molecule has 1 aliphatic heterocycles. The molecule has 1 atom stereocenters. The van der Waals surface area contributed by atoms with Gasteiger partial charge in [-0.15, -0.1) is 0 Å². The highest BCUT2D eigenvalue weighted by Gasteiger charge is 2.28. The van der Waals surface area contributed by atoms with Gasteiger partial charge in [0.1, 0.15) is 5.82 Å². The number of pyridine rings is 1. The Hall–Kier alpha value is -1.85. The van der Waals surface area contributed by atoms with Crippen LogP contribution >= 0.6 is 0 Å². The van der Waals surface area contributed by atoms with Crippen LogP contribution in [0.1, 0.15) is 38.8 Å². The standard InChI is InChI=1S/C16H24FN3O2/c1-11-14(17)7-13(9-18-11)20-6-4-5-12(10-20)8-16(2,3)19-15(21)22/h7,9,12,19H,4-6,8,10H2,1-3H3,(H,21,22)/t12-/m0/s1. The van der Waals surface area contributed by atoms with Crippen LogP contribution in [0.2, 0.25) is 0 Å². The molecule has 1 aromatic heterocycles. The van der Waals surface area contributed by atoms with Crippen molar-refractivity contribution in [1.29, 1.82) is 0 Å². The first kappa shape index (κ1) is 16.5. The first-order valence-corrected chi connectivity index (χ1v) is 7.65. The molecule has 5 nitrogen and oxygen atoms in total. The lowest BCUT2D eigenvalue weighted by Gasteiger charge is -2.38. The summed E-state index contributed by atoms with van der Waals surface area (Å²) in [5.74, 6) is 0.0902. The van der Waals surface area contributed by atoms with Crippen LogP contribution in [0.3, 0.4) is 0 Å². The number of anilines is 1. The Labute approximate surface area is 130 Å². The van der Waals surface area contributed by atoms with E-state index < -0.39 is 11.6 Å². The summed E-state index contributed by atoms with van der Waals surface area (Å²) in [6.45, 7) is 7.13. The van der Waals surface area contributed by atoms with Gasteiger partial charge in [0.25, 0.3) is 0 Å². The van der Waals surface area contributed by atoms with Crippen LogP contribution in [0.4, 0.5) is 14.9 Å². The molecule has 1 amide bonds. The van der Waals surface area contributed by atoms with Crippen molar-refractivity contribution < 1.29 is 14.3 Å². The highest BCUT2D eigenvalue weighted by molar-refractivity contribution is 5.65. The third-order valence-corrected chi connectivity index (χ3v) is 4.14. The summed E-state index contributed by atoms with van der Waals surface area (Å²) >= 11 is 0. The topological polar surface area (TPSA) is 65.5 Å². The number of aromatic nitrogens is 1. The lowest BCUT2D eigenvalue weighted by atomic mass is 9.85. The molecule has 2 heterocycles. The molecule has 0 aromatic carbocycles. The Bertz CT molecular complexity index is 548. The molecule has 2 rings (SSSR count). The molecule has 1 saturated heterocycles. The van der Waals surface area contributed by atoms with Crippen molar-refractivity contribution in [1.82, 2.24) is 10.3 Å². The summed E-state index contributed by atoms with van der Waals surface area (Å²) in [6, 6.07) is 1.53. The van der Waals surface area contributed by atoms with Gasteiger partial charge in [0.2, 0.25) is 0 Å². The van der Waals surface area contributed by atoms with Crippen LogP contribution in [0.15, 0.2) is 12.3 Å². The summed E-state index contributed by atoms with van der Waals surface area (Å²) < 4.78 is 13.7. The molecule has 0 radical (unpaired) electrons. The van der Waals surface area contributed by atoms with Gasteiger partial charge in [0.05, 0.1) is 17.6 Å². The van der Waals surface area contributed by atoms with Gasteiger partial charge in [-0.1, -0.05) is 0 Å². The molecule has 0 unspecified atom stereocenters. The number of nitrogens with one attached hydrogen (secondary N) is 1. The molecule has 2 N–H and O–H groups in total. The van der Waals surface area contributed by atoms with Gasteiger partial charge in [0.15, 0.2) is 0 Å². The van der Waals surface area contributed by atoms with Crippen molar-refractivity contribution in [2.24, 2.45) is 5.92 Å². The number of hydrogen-bond acceptors (Lipinski definition) is 3. The molecule has 1 aliphatic rings. The normalized spacial score (nSPS) is 19.1. The lowest BCUT2D eigenvalue weighted by Crippen LogP contribution is -2.46. The Morgan fingerprint density at radius 3 is 2.95 bits per heavy atom. The van der Waals surface area contributed by atoms with Gasteiger partial charge in [-0.25, -0.2) is 9.18 Å². The van der Waals surface area contributed by atoms with E-state index in [4.69, 9.17) is 5.11 Å². The maximum atomic E-state index is 13.7. The average molecular weight is 309 g/mol. The summed E-state index contributed by atoms with van der Waals surface area (Å²) in [4.78, 5) is 17.1. The zero-order chi connectivity index (χ0) is 16.3. The quantitative estimate of drug-likeness (QED) is 0.896. The van der Waals surface area contributed by atoms with Gasteiger partial charge < -0.3 is 15.3 Å². The molecule has 0 saturated carbocycles. The fourth-order valence-electron chi connectivity index (χ4n) is 3.20. The van der Waals surface area contributed by atoms with Crippen molar-refractivity contribution in [2.75, 3.05) is 18.0 Å². The van der Waals surface area contributed by atoms with Crippen LogP contribution in [0, 0.1) is 18.7 Å². The zero-order valence-electron chi connectivity index (χ0n) is 13.4. The molecule has 1 fully saturated rings. The maximum absolute atomic E-state index is 13.7. The highest BCUT2D eigenvalue weighted by Crippen LogP contribution is 2.28. The maximum Gasteiger partial charge on any atom is 0.405 e. The van der Waals surface area contributed by atoms with Crippen LogP contribution in [0.5, 0.6) is 0 Å². The Balaban J connectivity index is 2.02. The van der Waals surface area contributed by atoms with Gasteiger partial charge in [-0.05, 0) is 46.0 Å². The van der Waals surface area contributed by atoms with E-state index >= 15 is 0 Å². The predicted molar refractivity (Wildman–Crippen MR) is 83.7 cm³/mol. The summed E-state index contributed by atoms with van der Waals surface area (Å²) in [6.07, 6.45) is 3.55. The number of aryl methyl sites for hydroxylation is 1. The van der Waals surface area contributed by atoms with Crippen molar-refractivity contribution in [3.63, 3.8) is 0 Å². The van der Waals surface area contributed by atoms with Crippen molar-refractivity contribution in [3.8, 4) is 0 Å². The highest BCUT2D eigenvalue weighted by atomic mass is 19.1. The number of carboxylic acid groups (broad SMARTS) is 1. The molecule has 0 bridgehead atoms. The van der Waals surface area contributed by atoms with Gasteiger partial charge >= 0.3 is 6.09 Å². The van der Waals surface area contributed by atoms with Crippen molar-refractivity contribution >= 4 is 11.8 Å². The lowest BCUT2D eigenvalue weighted by molar-refractivity contribution is 0.174. The minimum atomic E-state index is -0.998. The molecular weight excluding hydrogens is 285 g/mol. The first-order chi connectivity index (χ1) is 10.3. The second-order valence-electron chi connectivity index (χ2n) is 6.73. The van der Waals surface area contributed by atoms with Gasteiger partial charge in [-0.2, -0.15) is 0 Å². The molecular formula is C16H24FN3O2. The minimum Gasteiger partial charge on any atom is -0.465 e. The number of nitrogens with zero attached hydrogens (tertiary/aromatic N) is 2. The number of amides is 1. The molecule has 6 heteroatoms. The van der Waals surface area contributed by atoms with Crippen LogP contribution in [-0.2, 0) is 0 Å². The molecule has 122 valence electrons.